The van der Waals surface area contributed by atoms with Crippen LogP contribution >= 0.6 is 12.2 Å². The third-order valence-electron chi connectivity index (χ3n) is 3.04. The fraction of sp³-hybridized carbons (Fsp3) is 0.0556. The smallest absolute Gasteiger partial charge is 0.339 e. The van der Waals surface area contributed by atoms with Crippen molar-refractivity contribution in [3.05, 3.63) is 71.8 Å². The molecule has 1 amide bonds. The monoisotopic (exact) mass is 340 g/mol. The molecule has 6 heteroatoms. The summed E-state index contributed by atoms with van der Waals surface area (Å²) < 4.78 is 4.71. The van der Waals surface area contributed by atoms with Gasteiger partial charge >= 0.3 is 5.97 Å². The minimum absolute atomic E-state index is 0.0917. The maximum absolute atomic E-state index is 11.9. The van der Waals surface area contributed by atoms with E-state index in [1.54, 1.807) is 30.3 Å². The molecule has 122 valence electrons. The Labute approximate surface area is 145 Å². The van der Waals surface area contributed by atoms with E-state index < -0.39 is 5.97 Å². The predicted octanol–water partition coefficient (Wildman–Crippen LogP) is 3.00. The molecule has 2 aromatic carbocycles. The number of methoxy groups -OCH3 is 1. The Bertz CT molecular complexity index is 773. The Morgan fingerprint density at radius 1 is 1.04 bits per heavy atom. The summed E-state index contributed by atoms with van der Waals surface area (Å²) in [5.41, 5.74) is 1.70. The lowest BCUT2D eigenvalue weighted by molar-refractivity contribution is -0.115. The van der Waals surface area contributed by atoms with Crippen LogP contribution in [0.3, 0.4) is 0 Å². The summed E-state index contributed by atoms with van der Waals surface area (Å²) in [7, 11) is 1.30. The van der Waals surface area contributed by atoms with E-state index in [0.717, 1.165) is 5.56 Å². The number of amides is 1. The van der Waals surface area contributed by atoms with E-state index in [1.165, 1.54) is 13.2 Å². The van der Waals surface area contributed by atoms with Gasteiger partial charge in [-0.25, -0.2) is 4.79 Å². The number of hydrogen-bond acceptors (Lipinski definition) is 4. The molecule has 0 radical (unpaired) electrons. The summed E-state index contributed by atoms with van der Waals surface area (Å²) in [6.45, 7) is 0. The van der Waals surface area contributed by atoms with Gasteiger partial charge in [-0.1, -0.05) is 42.5 Å². The van der Waals surface area contributed by atoms with E-state index in [0.29, 0.717) is 11.3 Å². The van der Waals surface area contributed by atoms with E-state index in [-0.39, 0.29) is 11.0 Å². The van der Waals surface area contributed by atoms with Crippen LogP contribution in [0.25, 0.3) is 6.08 Å². The highest BCUT2D eigenvalue weighted by molar-refractivity contribution is 7.80. The van der Waals surface area contributed by atoms with Gasteiger partial charge in [-0.3, -0.25) is 10.1 Å². The van der Waals surface area contributed by atoms with Gasteiger partial charge in [0.15, 0.2) is 5.11 Å². The van der Waals surface area contributed by atoms with Crippen molar-refractivity contribution in [2.24, 2.45) is 0 Å². The summed E-state index contributed by atoms with van der Waals surface area (Å²) in [5, 5.41) is 5.44. The first-order valence-corrected chi connectivity index (χ1v) is 7.53. The maximum Gasteiger partial charge on any atom is 0.339 e. The predicted molar refractivity (Wildman–Crippen MR) is 97.6 cm³/mol. The molecule has 0 fully saturated rings. The lowest BCUT2D eigenvalue weighted by atomic mass is 10.2. The Kier molecular flexibility index (Phi) is 6.22. The van der Waals surface area contributed by atoms with E-state index in [9.17, 15) is 9.59 Å². The van der Waals surface area contributed by atoms with Crippen LogP contribution in [0.5, 0.6) is 0 Å². The quantitative estimate of drug-likeness (QED) is 0.509. The number of anilines is 1. The van der Waals surface area contributed by atoms with Crippen LogP contribution < -0.4 is 10.6 Å². The third kappa shape index (κ3) is 5.03. The van der Waals surface area contributed by atoms with Gasteiger partial charge in [0.05, 0.1) is 18.4 Å². The molecule has 0 aliphatic carbocycles. The standard InChI is InChI=1S/C18H16N2O3S/c1-23-17(22)14-9-5-6-10-15(14)19-18(24)20-16(21)12-11-13-7-3-2-4-8-13/h2-12H,1H3,(H2,19,20,21,24). The first kappa shape index (κ1) is 17.4. The van der Waals surface area contributed by atoms with Crippen LogP contribution in [0.2, 0.25) is 0 Å². The summed E-state index contributed by atoms with van der Waals surface area (Å²) in [5.74, 6) is -0.858. The van der Waals surface area contributed by atoms with Crippen molar-refractivity contribution in [3.63, 3.8) is 0 Å². The van der Waals surface area contributed by atoms with Crippen LogP contribution in [-0.4, -0.2) is 24.1 Å². The van der Waals surface area contributed by atoms with Crippen molar-refractivity contribution in [2.75, 3.05) is 12.4 Å². The number of hydrogen-bond donors (Lipinski definition) is 2. The second-order valence-electron chi connectivity index (χ2n) is 4.72. The van der Waals surface area contributed by atoms with Crippen molar-refractivity contribution >= 4 is 41.0 Å². The molecule has 2 rings (SSSR count). The zero-order valence-corrected chi connectivity index (χ0v) is 13.8. The summed E-state index contributed by atoms with van der Waals surface area (Å²) in [6, 6.07) is 16.2. The molecule has 0 saturated carbocycles. The van der Waals surface area contributed by atoms with Crippen molar-refractivity contribution in [2.45, 2.75) is 0 Å². The zero-order chi connectivity index (χ0) is 17.4. The number of benzene rings is 2. The number of esters is 1. The number of carbonyl (C=O) groups is 2. The van der Waals surface area contributed by atoms with Gasteiger partial charge in [0.2, 0.25) is 5.91 Å². The number of para-hydroxylation sites is 1. The molecule has 0 spiro atoms. The molecule has 0 unspecified atom stereocenters. The molecule has 0 aromatic heterocycles. The fourth-order valence-corrected chi connectivity index (χ4v) is 2.13. The highest BCUT2D eigenvalue weighted by Gasteiger charge is 2.12. The first-order valence-electron chi connectivity index (χ1n) is 7.12. The summed E-state index contributed by atoms with van der Waals surface area (Å²) in [4.78, 5) is 23.6. The molecule has 0 atom stereocenters. The Balaban J connectivity index is 1.97. The molecule has 2 N–H and O–H groups in total. The van der Waals surface area contributed by atoms with Crippen LogP contribution in [0, 0.1) is 0 Å². The lowest BCUT2D eigenvalue weighted by Crippen LogP contribution is -2.33. The van der Waals surface area contributed by atoms with Gasteiger partial charge in [-0.05, 0) is 36.0 Å². The van der Waals surface area contributed by atoms with Crippen LogP contribution in [0.1, 0.15) is 15.9 Å². The minimum Gasteiger partial charge on any atom is -0.465 e. The Hall–Kier alpha value is -2.99. The van der Waals surface area contributed by atoms with Crippen molar-refractivity contribution < 1.29 is 14.3 Å². The molecule has 0 saturated heterocycles. The first-order chi connectivity index (χ1) is 11.6. The highest BCUT2D eigenvalue weighted by Crippen LogP contribution is 2.15. The molecule has 5 nitrogen and oxygen atoms in total. The van der Waals surface area contributed by atoms with Crippen molar-refractivity contribution in [1.29, 1.82) is 0 Å². The summed E-state index contributed by atoms with van der Waals surface area (Å²) in [6.07, 6.45) is 3.07. The maximum atomic E-state index is 11.9. The number of ether oxygens (including phenoxy) is 1. The second-order valence-corrected chi connectivity index (χ2v) is 5.13. The summed E-state index contributed by atoms with van der Waals surface area (Å²) >= 11 is 5.10. The molecular formula is C18H16N2O3S. The molecule has 24 heavy (non-hydrogen) atoms. The van der Waals surface area contributed by atoms with Crippen LogP contribution in [-0.2, 0) is 9.53 Å². The molecule has 0 bridgehead atoms. The molecule has 0 aliphatic heterocycles. The van der Waals surface area contributed by atoms with Gasteiger partial charge in [-0.2, -0.15) is 0 Å². The van der Waals surface area contributed by atoms with E-state index >= 15 is 0 Å². The van der Waals surface area contributed by atoms with Gasteiger partial charge < -0.3 is 10.1 Å². The fourth-order valence-electron chi connectivity index (χ4n) is 1.92. The van der Waals surface area contributed by atoms with E-state index in [4.69, 9.17) is 17.0 Å². The largest absolute Gasteiger partial charge is 0.465 e. The topological polar surface area (TPSA) is 67.4 Å². The van der Waals surface area contributed by atoms with Gasteiger partial charge in [0.1, 0.15) is 0 Å². The molecule has 2 aromatic rings. The van der Waals surface area contributed by atoms with Gasteiger partial charge in [0.25, 0.3) is 0 Å². The number of rotatable bonds is 4. The zero-order valence-electron chi connectivity index (χ0n) is 13.0. The normalized spacial score (nSPS) is 10.2. The lowest BCUT2D eigenvalue weighted by Gasteiger charge is -2.11. The molecule has 0 aliphatic rings. The Morgan fingerprint density at radius 2 is 1.71 bits per heavy atom. The SMILES string of the molecule is COC(=O)c1ccccc1NC(=S)NC(=O)C=Cc1ccccc1. The number of thiocarbonyl (C=S) groups is 1. The average molecular weight is 340 g/mol. The average Bonchev–Trinajstić information content (AvgIpc) is 2.60. The van der Waals surface area contributed by atoms with Crippen molar-refractivity contribution in [3.8, 4) is 0 Å². The second kappa shape index (κ2) is 8.59. The van der Waals surface area contributed by atoms with Gasteiger partial charge in [-0.15, -0.1) is 0 Å². The van der Waals surface area contributed by atoms with E-state index in [1.807, 2.05) is 30.3 Å². The van der Waals surface area contributed by atoms with Gasteiger partial charge in [0, 0.05) is 6.08 Å². The minimum atomic E-state index is -0.490. The Morgan fingerprint density at radius 3 is 2.42 bits per heavy atom. The van der Waals surface area contributed by atoms with Crippen molar-refractivity contribution in [1.82, 2.24) is 5.32 Å². The highest BCUT2D eigenvalue weighted by atomic mass is 32.1. The third-order valence-corrected chi connectivity index (χ3v) is 3.25. The van der Waals surface area contributed by atoms with Crippen LogP contribution in [0.15, 0.2) is 60.7 Å². The molecular weight excluding hydrogens is 324 g/mol. The number of nitrogens with one attached hydrogen (secondary N) is 2. The molecule has 0 heterocycles. The number of carbonyl (C=O) groups excluding carboxylic acids is 2. The van der Waals surface area contributed by atoms with E-state index in [2.05, 4.69) is 10.6 Å². The van der Waals surface area contributed by atoms with Crippen LogP contribution in [0.4, 0.5) is 5.69 Å².